The Kier molecular flexibility index (Phi) is 6.36. The molecule has 3 rings (SSSR count). The van der Waals surface area contributed by atoms with E-state index in [-0.39, 0.29) is 19.6 Å². The molecule has 27 heavy (non-hydrogen) atoms. The van der Waals surface area contributed by atoms with E-state index in [9.17, 15) is 15.3 Å². The van der Waals surface area contributed by atoms with Crippen LogP contribution in [0, 0.1) is 0 Å². The van der Waals surface area contributed by atoms with Gasteiger partial charge in [-0.05, 0) is 53.9 Å². The number of benzene rings is 2. The smallest absolute Gasteiger partial charge is 0.0809 e. The van der Waals surface area contributed by atoms with Crippen molar-refractivity contribution in [3.8, 4) is 11.3 Å². The molecule has 1 unspecified atom stereocenters. The predicted molar refractivity (Wildman–Crippen MR) is 107 cm³/mol. The third kappa shape index (κ3) is 5.00. The summed E-state index contributed by atoms with van der Waals surface area (Å²) in [5.74, 6) is 0. The number of H-pyrrole nitrogens is 1. The minimum Gasteiger partial charge on any atom is -0.394 e. The van der Waals surface area contributed by atoms with Crippen LogP contribution in [0.2, 0.25) is 0 Å². The number of aliphatic hydroxyl groups excluding tert-OH is 3. The topological polar surface area (TPSA) is 102 Å². The number of aromatic nitrogens is 1. The van der Waals surface area contributed by atoms with Crippen molar-refractivity contribution in [2.45, 2.75) is 27.9 Å². The van der Waals surface area contributed by atoms with E-state index < -0.39 is 11.6 Å². The van der Waals surface area contributed by atoms with Crippen LogP contribution in [0.1, 0.15) is 18.1 Å². The number of hydrogen-bond acceptors (Lipinski definition) is 5. The fourth-order valence-electron chi connectivity index (χ4n) is 2.79. The highest BCUT2D eigenvalue weighted by molar-refractivity contribution is 7.99. The second-order valence-corrected chi connectivity index (χ2v) is 7.82. The molecule has 0 aliphatic heterocycles. The molecule has 0 aliphatic rings. The van der Waals surface area contributed by atoms with Gasteiger partial charge < -0.3 is 26.0 Å². The van der Waals surface area contributed by atoms with Crippen LogP contribution in [0.4, 0.5) is 0 Å². The van der Waals surface area contributed by atoms with Gasteiger partial charge in [-0.1, -0.05) is 36.0 Å². The fraction of sp³-hybridized carbons (Fsp3) is 0.238. The zero-order chi connectivity index (χ0) is 19.3. The first-order chi connectivity index (χ1) is 13.0. The minimum absolute atomic E-state index is 0.0900. The van der Waals surface area contributed by atoms with Gasteiger partial charge in [-0.15, -0.1) is 0 Å². The molecule has 6 heteroatoms. The summed E-state index contributed by atoms with van der Waals surface area (Å²) in [5.41, 5.74) is 7.60. The van der Waals surface area contributed by atoms with Gasteiger partial charge in [0, 0.05) is 21.7 Å². The number of aliphatic hydroxyl groups is 3. The Morgan fingerprint density at radius 2 is 1.52 bits per heavy atom. The molecule has 0 saturated carbocycles. The standard InChI is InChI=1S/C21H24N2O3S/c22-21(13-24,14-25)12-20(26)16-5-9-18(10-6-16)27-17-7-3-15(4-8-17)19-2-1-11-23-19/h1-11,20,23-26H,12-14,22H2. The van der Waals surface area contributed by atoms with Gasteiger partial charge in [0.15, 0.2) is 0 Å². The van der Waals surface area contributed by atoms with E-state index >= 15 is 0 Å². The molecule has 5 nitrogen and oxygen atoms in total. The maximum Gasteiger partial charge on any atom is 0.0809 e. The average molecular weight is 385 g/mol. The van der Waals surface area contributed by atoms with Crippen molar-refractivity contribution in [2.75, 3.05) is 13.2 Å². The van der Waals surface area contributed by atoms with Gasteiger partial charge in [-0.3, -0.25) is 0 Å². The molecule has 0 saturated heterocycles. The van der Waals surface area contributed by atoms with Crippen LogP contribution >= 0.6 is 11.8 Å². The van der Waals surface area contributed by atoms with E-state index in [0.717, 1.165) is 21.0 Å². The molecule has 0 spiro atoms. The molecule has 3 aromatic rings. The normalized spacial score (nSPS) is 12.9. The highest BCUT2D eigenvalue weighted by atomic mass is 32.2. The highest BCUT2D eigenvalue weighted by Crippen LogP contribution is 2.31. The van der Waals surface area contributed by atoms with Crippen molar-refractivity contribution in [1.82, 2.24) is 4.98 Å². The maximum absolute atomic E-state index is 10.3. The quantitative estimate of drug-likeness (QED) is 0.411. The first kappa shape index (κ1) is 19.7. The first-order valence-electron chi connectivity index (χ1n) is 8.73. The number of rotatable bonds is 8. The van der Waals surface area contributed by atoms with Crippen LogP contribution < -0.4 is 5.73 Å². The predicted octanol–water partition coefficient (Wildman–Crippen LogP) is 2.94. The van der Waals surface area contributed by atoms with E-state index in [2.05, 4.69) is 29.2 Å². The van der Waals surface area contributed by atoms with Crippen molar-refractivity contribution < 1.29 is 15.3 Å². The van der Waals surface area contributed by atoms with E-state index in [4.69, 9.17) is 5.73 Å². The molecule has 2 aromatic carbocycles. The van der Waals surface area contributed by atoms with Gasteiger partial charge >= 0.3 is 0 Å². The van der Waals surface area contributed by atoms with E-state index in [1.165, 1.54) is 0 Å². The molecule has 1 aromatic heterocycles. The van der Waals surface area contributed by atoms with Crippen LogP contribution in [0.5, 0.6) is 0 Å². The lowest BCUT2D eigenvalue weighted by Crippen LogP contribution is -2.48. The molecule has 1 heterocycles. The molecule has 0 amide bonds. The number of nitrogens with two attached hydrogens (primary N) is 1. The van der Waals surface area contributed by atoms with Gasteiger partial charge in [0.1, 0.15) is 0 Å². The molecule has 0 bridgehead atoms. The molecular formula is C21H24N2O3S. The SMILES string of the molecule is NC(CO)(CO)CC(O)c1ccc(Sc2ccc(-c3ccc[nH]3)cc2)cc1. The van der Waals surface area contributed by atoms with Gasteiger partial charge in [-0.25, -0.2) is 0 Å². The van der Waals surface area contributed by atoms with E-state index in [0.29, 0.717) is 5.56 Å². The van der Waals surface area contributed by atoms with Crippen LogP contribution in [-0.4, -0.2) is 39.1 Å². The van der Waals surface area contributed by atoms with Crippen LogP contribution in [0.3, 0.4) is 0 Å². The lowest BCUT2D eigenvalue weighted by atomic mass is 9.92. The molecule has 0 radical (unpaired) electrons. The summed E-state index contributed by atoms with van der Waals surface area (Å²) in [5, 5.41) is 28.8. The Hall–Kier alpha value is -2.09. The van der Waals surface area contributed by atoms with Crippen molar-refractivity contribution in [3.05, 3.63) is 72.4 Å². The fourth-order valence-corrected chi connectivity index (χ4v) is 3.61. The van der Waals surface area contributed by atoms with Crippen molar-refractivity contribution in [2.24, 2.45) is 5.73 Å². The van der Waals surface area contributed by atoms with Crippen molar-refractivity contribution in [1.29, 1.82) is 0 Å². The van der Waals surface area contributed by atoms with Crippen LogP contribution in [-0.2, 0) is 0 Å². The second-order valence-electron chi connectivity index (χ2n) is 6.68. The summed E-state index contributed by atoms with van der Waals surface area (Å²) >= 11 is 1.64. The molecule has 1 atom stereocenters. The lowest BCUT2D eigenvalue weighted by molar-refractivity contribution is 0.0618. The van der Waals surface area contributed by atoms with Gasteiger partial charge in [0.05, 0.1) is 24.9 Å². The van der Waals surface area contributed by atoms with Gasteiger partial charge in [0.25, 0.3) is 0 Å². The first-order valence-corrected chi connectivity index (χ1v) is 9.55. The van der Waals surface area contributed by atoms with Crippen LogP contribution in [0.15, 0.2) is 76.7 Å². The number of nitrogens with one attached hydrogen (secondary N) is 1. The summed E-state index contributed by atoms with van der Waals surface area (Å²) in [7, 11) is 0. The number of aromatic amines is 1. The minimum atomic E-state index is -1.19. The summed E-state index contributed by atoms with van der Waals surface area (Å²) in [6.07, 6.45) is 1.16. The van der Waals surface area contributed by atoms with Gasteiger partial charge in [-0.2, -0.15) is 0 Å². The van der Waals surface area contributed by atoms with E-state index in [1.54, 1.807) is 11.8 Å². The lowest BCUT2D eigenvalue weighted by Gasteiger charge is -2.27. The third-order valence-electron chi connectivity index (χ3n) is 4.49. The molecular weight excluding hydrogens is 360 g/mol. The Morgan fingerprint density at radius 3 is 2.04 bits per heavy atom. The zero-order valence-corrected chi connectivity index (χ0v) is 15.7. The Bertz CT molecular complexity index is 829. The van der Waals surface area contributed by atoms with Gasteiger partial charge in [0.2, 0.25) is 0 Å². The molecule has 0 aliphatic carbocycles. The average Bonchev–Trinajstić information content (AvgIpc) is 3.24. The zero-order valence-electron chi connectivity index (χ0n) is 14.9. The second kappa shape index (κ2) is 8.73. The third-order valence-corrected chi connectivity index (χ3v) is 5.51. The monoisotopic (exact) mass is 384 g/mol. The van der Waals surface area contributed by atoms with Crippen LogP contribution in [0.25, 0.3) is 11.3 Å². The summed E-state index contributed by atoms with van der Waals surface area (Å²) in [6, 6.07) is 19.9. The number of hydrogen-bond donors (Lipinski definition) is 5. The van der Waals surface area contributed by atoms with Crippen molar-refractivity contribution >= 4 is 11.8 Å². The highest BCUT2D eigenvalue weighted by Gasteiger charge is 2.27. The summed E-state index contributed by atoms with van der Waals surface area (Å²) in [6.45, 7) is -0.764. The summed E-state index contributed by atoms with van der Waals surface area (Å²) in [4.78, 5) is 5.38. The van der Waals surface area contributed by atoms with Crippen molar-refractivity contribution in [3.63, 3.8) is 0 Å². The largest absolute Gasteiger partial charge is 0.394 e. The maximum atomic E-state index is 10.3. The summed E-state index contributed by atoms with van der Waals surface area (Å²) < 4.78 is 0. The Balaban J connectivity index is 1.63. The molecule has 0 fully saturated rings. The Morgan fingerprint density at radius 1 is 0.926 bits per heavy atom. The Labute approximate surface area is 162 Å². The molecule has 142 valence electrons. The molecule has 6 N–H and O–H groups in total. The van der Waals surface area contributed by atoms with E-state index in [1.807, 2.05) is 42.6 Å².